The molecular formula is C100H125ClN4S2. The summed E-state index contributed by atoms with van der Waals surface area (Å²) in [6.45, 7) is 31.8. The Labute approximate surface area is 683 Å². The third kappa shape index (κ3) is 13.5. The number of thiophene rings is 2. The molecule has 2 fully saturated rings. The maximum Gasteiger partial charge on any atom is 0.0647 e. The number of fused-ring (bicyclic) bond motifs is 10. The van der Waals surface area contributed by atoms with Crippen LogP contribution in [-0.2, 0) is 54.1 Å². The van der Waals surface area contributed by atoms with Gasteiger partial charge in [-0.3, -0.25) is 0 Å². The Kier molecular flexibility index (Phi) is 14.3. The molecule has 107 heavy (non-hydrogen) atoms. The number of hydrogen-bond acceptors (Lipinski definition) is 6. The van der Waals surface area contributed by atoms with E-state index in [0.29, 0.717) is 34.0 Å². The van der Waals surface area contributed by atoms with E-state index in [1.165, 1.54) is 70.8 Å². The zero-order chi connectivity index (χ0) is 92.2. The molecule has 4 atom stereocenters. The van der Waals surface area contributed by atoms with Gasteiger partial charge in [0.05, 0.1) is 30.7 Å². The van der Waals surface area contributed by atoms with Crippen LogP contribution in [0.25, 0.3) is 20.2 Å². The van der Waals surface area contributed by atoms with E-state index in [1.54, 1.807) is 53.3 Å². The van der Waals surface area contributed by atoms with Gasteiger partial charge in [0, 0.05) is 103 Å². The molecule has 564 valence electrons. The van der Waals surface area contributed by atoms with Crippen LogP contribution < -0.4 is 20.0 Å². The number of rotatable bonds is 7. The molecule has 8 aromatic carbocycles. The predicted octanol–water partition coefficient (Wildman–Crippen LogP) is 30.7. The molecule has 1 N–H and O–H groups in total. The first kappa shape index (κ1) is 57.3. The molecule has 0 spiro atoms. The molecule has 10 aromatic rings. The molecular weight excluding hydrogens is 1360 g/mol. The average molecular weight is 1500 g/mol. The summed E-state index contributed by atoms with van der Waals surface area (Å²) in [5.41, 5.74) is 11.0. The first-order valence-corrected chi connectivity index (χ1v) is 41.2. The summed E-state index contributed by atoms with van der Waals surface area (Å²) in [5, 5.41) is 10.7. The molecule has 2 saturated carbocycles. The number of anilines is 9. The largest absolute Gasteiger partial charge is 0.354 e. The van der Waals surface area contributed by atoms with E-state index in [2.05, 4.69) is 223 Å². The van der Waals surface area contributed by atoms with Gasteiger partial charge in [0.1, 0.15) is 0 Å². The van der Waals surface area contributed by atoms with Gasteiger partial charge in [-0.05, 0) is 261 Å². The first-order valence-electron chi connectivity index (χ1n) is 48.1. The highest BCUT2D eigenvalue weighted by atomic mass is 35.5. The second-order valence-electron chi connectivity index (χ2n) is 38.3. The lowest BCUT2D eigenvalue weighted by atomic mass is 9.61. The van der Waals surface area contributed by atoms with Crippen molar-refractivity contribution in [2.45, 2.75) is 308 Å². The molecule has 2 aliphatic heterocycles. The average Bonchev–Trinajstić information content (AvgIpc) is 1.53. The standard InChI is InChI=1S/C50H62N2S.C26H33NS.C24H30ClN/c1-45(2,3)33-19-21-35(22-20-33)51(43-32-53-44-31-41-40(30-38(43)44)47(7,8)25-26-48(41,9)10)36-27-34(46(4,5)6)28-37(29-36)52-42-18-14-13-17-39(42)49(11)23-15-16-24-50(49,52)12;1-24(2,3)17-8-10-18(11-9-17)27-22-16-28-23-15-21-20(14-19(22)23)25(4,5)12-13-26(21,6)7;1-22(2,3)17-14-18(25)16-19(15-17)26-21-11-7-6-10-20(21)23(4)12-8-9-13-24(23,26)5/h13-14,17-22,27-32H,15-16,23-26H2,1-12H3;8-11,14-16,27H,12-13H2,1-7H3;6-7,10-11,14-16H,8-9,12-13H2,1-5H3/i4D3,5D3,13D,14D,17D;;1D3,2D3,6D,7D,10D. The maximum atomic E-state index is 9.29. The molecule has 4 unspecified atom stereocenters. The Morgan fingerprint density at radius 2 is 0.832 bits per heavy atom. The maximum absolute atomic E-state index is 9.29. The lowest BCUT2D eigenvalue weighted by molar-refractivity contribution is 0.195. The Hall–Kier alpha value is -6.83. The summed E-state index contributed by atoms with van der Waals surface area (Å²) in [6, 6.07) is 40.3. The third-order valence-corrected chi connectivity index (χ3v) is 28.7. The van der Waals surface area contributed by atoms with Gasteiger partial charge in [0.2, 0.25) is 0 Å². The van der Waals surface area contributed by atoms with Gasteiger partial charge in [-0.2, -0.15) is 0 Å². The zero-order valence-corrected chi connectivity index (χ0v) is 69.6. The fraction of sp³-hybridized carbons (Fsp3) is 0.480. The second-order valence-corrected chi connectivity index (χ2v) is 40.5. The minimum absolute atomic E-state index is 0.0121. The Balaban J connectivity index is 0.000000169. The second kappa shape index (κ2) is 26.7. The Morgan fingerprint density at radius 1 is 0.411 bits per heavy atom. The summed E-state index contributed by atoms with van der Waals surface area (Å²) >= 11 is 10.0. The van der Waals surface area contributed by atoms with E-state index in [1.807, 2.05) is 22.3 Å². The van der Waals surface area contributed by atoms with Crippen LogP contribution in [0.4, 0.5) is 51.2 Å². The monoisotopic (exact) mass is 1500 g/mol. The third-order valence-electron chi connectivity index (χ3n) is 26.6. The van der Waals surface area contributed by atoms with Crippen LogP contribution in [-0.4, -0.2) is 11.1 Å². The number of benzene rings is 8. The van der Waals surface area contributed by atoms with E-state index in [9.17, 15) is 1.37 Å². The highest BCUT2D eigenvalue weighted by molar-refractivity contribution is 7.18. The summed E-state index contributed by atoms with van der Waals surface area (Å²) < 4.78 is 157. The summed E-state index contributed by atoms with van der Waals surface area (Å²) in [6.07, 6.45) is 11.5. The van der Waals surface area contributed by atoms with Crippen molar-refractivity contribution >= 4 is 106 Å². The van der Waals surface area contributed by atoms with Gasteiger partial charge >= 0.3 is 0 Å². The molecule has 7 heteroatoms. The van der Waals surface area contributed by atoms with Gasteiger partial charge in [0.15, 0.2) is 0 Å². The van der Waals surface area contributed by atoms with Crippen LogP contribution in [0.1, 0.15) is 323 Å². The summed E-state index contributed by atoms with van der Waals surface area (Å²) in [5.74, 6) is 0. The van der Waals surface area contributed by atoms with Gasteiger partial charge in [-0.1, -0.05) is 250 Å². The van der Waals surface area contributed by atoms with Crippen molar-refractivity contribution in [2.24, 2.45) is 0 Å². The molecule has 0 amide bonds. The van der Waals surface area contributed by atoms with Crippen molar-refractivity contribution < 1.29 is 24.7 Å². The van der Waals surface area contributed by atoms with E-state index in [-0.39, 0.29) is 84.9 Å². The number of hydrogen-bond donors (Lipinski definition) is 1. The lowest BCUT2D eigenvalue weighted by Crippen LogP contribution is -2.54. The number of nitrogens with one attached hydrogen (secondary N) is 1. The molecule has 0 radical (unpaired) electrons. The number of para-hydroxylation sites is 2. The summed E-state index contributed by atoms with van der Waals surface area (Å²) in [4.78, 5) is 6.34. The minimum Gasteiger partial charge on any atom is -0.354 e. The van der Waals surface area contributed by atoms with Crippen LogP contribution in [0.2, 0.25) is 5.02 Å². The molecule has 0 bridgehead atoms. The fourth-order valence-corrected chi connectivity index (χ4v) is 21.1. The molecule has 0 saturated heterocycles. The van der Waals surface area contributed by atoms with Crippen molar-refractivity contribution in [3.63, 3.8) is 0 Å². The quantitative estimate of drug-likeness (QED) is 0.172. The molecule has 2 aromatic heterocycles. The van der Waals surface area contributed by atoms with Crippen molar-refractivity contribution in [3.8, 4) is 0 Å². The van der Waals surface area contributed by atoms with Crippen LogP contribution in [0.3, 0.4) is 0 Å². The van der Waals surface area contributed by atoms with Crippen LogP contribution in [0.5, 0.6) is 0 Å². The van der Waals surface area contributed by atoms with E-state index >= 15 is 0 Å². The molecule has 4 heterocycles. The van der Waals surface area contributed by atoms with Crippen LogP contribution in [0, 0.1) is 0 Å². The van der Waals surface area contributed by atoms with Gasteiger partial charge < -0.3 is 20.0 Å². The molecule has 6 aliphatic rings. The van der Waals surface area contributed by atoms with E-state index in [0.717, 1.165) is 102 Å². The first-order chi connectivity index (χ1) is 57.3. The Bertz CT molecular complexity index is 5850. The highest BCUT2D eigenvalue weighted by Crippen LogP contribution is 2.64. The smallest absolute Gasteiger partial charge is 0.0647 e. The molecule has 4 aliphatic carbocycles. The topological polar surface area (TPSA) is 21.8 Å². The van der Waals surface area contributed by atoms with Crippen molar-refractivity contribution in [1.82, 2.24) is 0 Å². The Morgan fingerprint density at radius 3 is 1.31 bits per heavy atom. The van der Waals surface area contributed by atoms with Gasteiger partial charge in [-0.15, -0.1) is 22.7 Å². The lowest BCUT2D eigenvalue weighted by Gasteiger charge is -2.50. The van der Waals surface area contributed by atoms with E-state index < -0.39 is 60.1 Å². The van der Waals surface area contributed by atoms with Crippen molar-refractivity contribution in [3.05, 3.63) is 229 Å². The minimum atomic E-state index is -2.92. The van der Waals surface area contributed by atoms with Crippen molar-refractivity contribution in [2.75, 3.05) is 20.0 Å². The van der Waals surface area contributed by atoms with E-state index in [4.69, 9.17) is 34.9 Å². The van der Waals surface area contributed by atoms with Gasteiger partial charge in [0.25, 0.3) is 0 Å². The number of nitrogens with zero attached hydrogens (tertiary/aromatic N) is 3. The molecule has 16 rings (SSSR count). The van der Waals surface area contributed by atoms with Crippen LogP contribution in [0.15, 0.2) is 168 Å². The fourth-order valence-electron chi connectivity index (χ4n) is 19.1. The predicted molar refractivity (Wildman–Crippen MR) is 470 cm³/mol. The summed E-state index contributed by atoms with van der Waals surface area (Å²) in [7, 11) is 0. The van der Waals surface area contributed by atoms with Gasteiger partial charge in [-0.25, -0.2) is 0 Å². The zero-order valence-electron chi connectivity index (χ0n) is 85.2. The number of halogens is 1. The highest BCUT2D eigenvalue weighted by Gasteiger charge is 2.59. The van der Waals surface area contributed by atoms with Crippen LogP contribution >= 0.6 is 34.3 Å². The SMILES string of the molecule is CC(C)(C)c1ccc(Nc2csc3cc4c(cc23)C(C)(C)CCC4(C)C)cc1.[2H]c1cc2c(c([2H])c1[2H])C1(C)CCCCC1(C)N2c1cc(Cl)cc(C(C)(C([2H])([2H])[2H])C([2H])([2H])[2H])c1.[2H]c1cc2c(c([2H])c1[2H])C1(C)CCCCC1(C)N2c1cc(N(c2ccc(C(C)(C)C)cc2)c2csc3cc4c(cc23)C(C)(C)CCC4(C)C)cc(C(C)(C([2H])([2H])[2H])C([2H])([2H])[2H])c1. The normalized spacial score (nSPS) is 26.1. The van der Waals surface area contributed by atoms with Crippen molar-refractivity contribution in [1.29, 1.82) is 0 Å². The molecule has 4 nitrogen and oxygen atoms in total.